The molecule has 1 atom stereocenters. The minimum absolute atomic E-state index is 0.0670. The average molecular weight is 222 g/mol. The van der Waals surface area contributed by atoms with Crippen LogP contribution < -0.4 is 15.4 Å². The molecule has 1 aliphatic rings. The van der Waals surface area contributed by atoms with Gasteiger partial charge >= 0.3 is 0 Å². The molecular formula is C11H14N2O3. The SMILES string of the molecule is O=C(NCCO)C1CNc2ccccc2O1. The summed E-state index contributed by atoms with van der Waals surface area (Å²) in [6, 6.07) is 7.47. The molecule has 5 nitrogen and oxygen atoms in total. The first kappa shape index (κ1) is 10.8. The van der Waals surface area contributed by atoms with E-state index < -0.39 is 6.10 Å². The lowest BCUT2D eigenvalue weighted by atomic mass is 10.2. The molecule has 1 unspecified atom stereocenters. The number of ether oxygens (including phenoxy) is 1. The molecule has 2 rings (SSSR count). The standard InChI is InChI=1S/C11H14N2O3/c14-6-5-12-11(15)10-7-13-8-3-1-2-4-9(8)16-10/h1-4,10,13-14H,5-7H2,(H,12,15). The second-order valence-electron chi connectivity index (χ2n) is 3.50. The van der Waals surface area contributed by atoms with Crippen LogP contribution in [0.2, 0.25) is 0 Å². The molecule has 0 radical (unpaired) electrons. The molecule has 1 heterocycles. The molecular weight excluding hydrogens is 208 g/mol. The molecule has 0 spiro atoms. The second-order valence-corrected chi connectivity index (χ2v) is 3.50. The van der Waals surface area contributed by atoms with Gasteiger partial charge in [0.15, 0.2) is 6.10 Å². The molecule has 0 bridgehead atoms. The van der Waals surface area contributed by atoms with Gasteiger partial charge in [0.1, 0.15) is 5.75 Å². The normalized spacial score (nSPS) is 17.9. The second kappa shape index (κ2) is 4.85. The molecule has 0 aliphatic carbocycles. The van der Waals surface area contributed by atoms with Gasteiger partial charge in [-0.05, 0) is 12.1 Å². The van der Waals surface area contributed by atoms with E-state index in [1.54, 1.807) is 0 Å². The number of carbonyl (C=O) groups is 1. The van der Waals surface area contributed by atoms with Crippen LogP contribution >= 0.6 is 0 Å². The molecule has 3 N–H and O–H groups in total. The van der Waals surface area contributed by atoms with Crippen LogP contribution in [0.4, 0.5) is 5.69 Å². The van der Waals surface area contributed by atoms with Crippen molar-refractivity contribution in [3.8, 4) is 5.75 Å². The fourth-order valence-electron chi connectivity index (χ4n) is 1.55. The number of aliphatic hydroxyl groups excluding tert-OH is 1. The molecule has 5 heteroatoms. The zero-order valence-electron chi connectivity index (χ0n) is 8.77. The lowest BCUT2D eigenvalue weighted by molar-refractivity contribution is -0.127. The fraction of sp³-hybridized carbons (Fsp3) is 0.364. The van der Waals surface area contributed by atoms with Gasteiger partial charge in [-0.2, -0.15) is 0 Å². The summed E-state index contributed by atoms with van der Waals surface area (Å²) in [4.78, 5) is 11.6. The van der Waals surface area contributed by atoms with Crippen molar-refractivity contribution in [2.24, 2.45) is 0 Å². The van der Waals surface area contributed by atoms with Gasteiger partial charge in [0.05, 0.1) is 18.8 Å². The molecule has 0 saturated carbocycles. The van der Waals surface area contributed by atoms with Gasteiger partial charge < -0.3 is 20.5 Å². The first-order valence-corrected chi connectivity index (χ1v) is 5.19. The van der Waals surface area contributed by atoms with Gasteiger partial charge in [0.25, 0.3) is 5.91 Å². The first-order valence-electron chi connectivity index (χ1n) is 5.19. The van der Waals surface area contributed by atoms with Gasteiger partial charge in [0, 0.05) is 6.54 Å². The van der Waals surface area contributed by atoms with E-state index >= 15 is 0 Å². The molecule has 1 aliphatic heterocycles. The van der Waals surface area contributed by atoms with E-state index in [1.165, 1.54) is 0 Å². The van der Waals surface area contributed by atoms with Gasteiger partial charge in [-0.1, -0.05) is 12.1 Å². The molecule has 1 amide bonds. The van der Waals surface area contributed by atoms with Crippen molar-refractivity contribution in [3.63, 3.8) is 0 Å². The summed E-state index contributed by atoms with van der Waals surface area (Å²) in [6.07, 6.45) is -0.540. The van der Waals surface area contributed by atoms with Crippen molar-refractivity contribution in [3.05, 3.63) is 24.3 Å². The van der Waals surface area contributed by atoms with Gasteiger partial charge in [0.2, 0.25) is 0 Å². The lowest BCUT2D eigenvalue weighted by Gasteiger charge is -2.26. The lowest BCUT2D eigenvalue weighted by Crippen LogP contribution is -2.45. The van der Waals surface area contributed by atoms with E-state index in [1.807, 2.05) is 24.3 Å². The molecule has 1 aromatic carbocycles. The minimum Gasteiger partial charge on any atom is -0.477 e. The number of carbonyl (C=O) groups excluding carboxylic acids is 1. The summed E-state index contributed by atoms with van der Waals surface area (Å²) in [7, 11) is 0. The summed E-state index contributed by atoms with van der Waals surface area (Å²) in [6.45, 7) is 0.622. The largest absolute Gasteiger partial charge is 0.477 e. The highest BCUT2D eigenvalue weighted by atomic mass is 16.5. The quantitative estimate of drug-likeness (QED) is 0.671. The molecule has 1 aromatic rings. The number of hydrogen-bond acceptors (Lipinski definition) is 4. The van der Waals surface area contributed by atoms with Gasteiger partial charge in [-0.15, -0.1) is 0 Å². The Labute approximate surface area is 93.4 Å². The Balaban J connectivity index is 1.99. The van der Waals surface area contributed by atoms with Crippen molar-refractivity contribution in [1.82, 2.24) is 5.32 Å². The Morgan fingerprint density at radius 3 is 3.19 bits per heavy atom. The summed E-state index contributed by atoms with van der Waals surface area (Å²) < 4.78 is 5.53. The van der Waals surface area contributed by atoms with Gasteiger partial charge in [-0.3, -0.25) is 4.79 Å². The maximum absolute atomic E-state index is 11.6. The van der Waals surface area contributed by atoms with Crippen LogP contribution in [0.1, 0.15) is 0 Å². The third kappa shape index (κ3) is 2.25. The highest BCUT2D eigenvalue weighted by Crippen LogP contribution is 2.27. The number of anilines is 1. The number of fused-ring (bicyclic) bond motifs is 1. The van der Waals surface area contributed by atoms with E-state index in [0.29, 0.717) is 12.3 Å². The Hall–Kier alpha value is -1.75. The number of amides is 1. The zero-order chi connectivity index (χ0) is 11.4. The van der Waals surface area contributed by atoms with E-state index in [-0.39, 0.29) is 19.1 Å². The number of nitrogens with one attached hydrogen (secondary N) is 2. The van der Waals surface area contributed by atoms with Crippen LogP contribution in [-0.4, -0.2) is 36.8 Å². The molecule has 0 aromatic heterocycles. The van der Waals surface area contributed by atoms with Crippen molar-refractivity contribution in [2.45, 2.75) is 6.10 Å². The molecule has 86 valence electrons. The number of benzene rings is 1. The van der Waals surface area contributed by atoms with Crippen LogP contribution in [0, 0.1) is 0 Å². The topological polar surface area (TPSA) is 70.6 Å². The van der Waals surface area contributed by atoms with Crippen LogP contribution in [-0.2, 0) is 4.79 Å². The Morgan fingerprint density at radius 2 is 2.38 bits per heavy atom. The molecule has 0 fully saturated rings. The number of aliphatic hydroxyl groups is 1. The number of hydrogen-bond donors (Lipinski definition) is 3. The Bertz CT molecular complexity index is 381. The maximum atomic E-state index is 11.6. The van der Waals surface area contributed by atoms with Crippen molar-refractivity contribution in [2.75, 3.05) is 25.0 Å². The summed E-state index contributed by atoms with van der Waals surface area (Å²) in [5.74, 6) is 0.467. The van der Waals surface area contributed by atoms with Crippen LogP contribution in [0.25, 0.3) is 0 Å². The van der Waals surface area contributed by atoms with E-state index in [2.05, 4.69) is 10.6 Å². The van der Waals surface area contributed by atoms with Crippen molar-refractivity contribution >= 4 is 11.6 Å². The predicted molar refractivity (Wildman–Crippen MR) is 59.4 cm³/mol. The predicted octanol–water partition coefficient (Wildman–Crippen LogP) is -0.0320. The summed E-state index contributed by atoms with van der Waals surface area (Å²) in [5, 5.41) is 14.3. The van der Waals surface area contributed by atoms with Crippen molar-refractivity contribution in [1.29, 1.82) is 0 Å². The fourth-order valence-corrected chi connectivity index (χ4v) is 1.55. The zero-order valence-corrected chi connectivity index (χ0v) is 8.77. The Kier molecular flexibility index (Phi) is 3.26. The summed E-state index contributed by atoms with van der Waals surface area (Å²) >= 11 is 0. The van der Waals surface area contributed by atoms with E-state index in [9.17, 15) is 4.79 Å². The Morgan fingerprint density at radius 1 is 1.56 bits per heavy atom. The monoisotopic (exact) mass is 222 g/mol. The van der Waals surface area contributed by atoms with E-state index in [0.717, 1.165) is 5.69 Å². The summed E-state index contributed by atoms with van der Waals surface area (Å²) in [5.41, 5.74) is 0.897. The molecule has 0 saturated heterocycles. The third-order valence-corrected chi connectivity index (χ3v) is 2.34. The number of rotatable bonds is 3. The first-order chi connectivity index (χ1) is 7.81. The van der Waals surface area contributed by atoms with Gasteiger partial charge in [-0.25, -0.2) is 0 Å². The van der Waals surface area contributed by atoms with E-state index in [4.69, 9.17) is 9.84 Å². The third-order valence-electron chi connectivity index (χ3n) is 2.34. The highest BCUT2D eigenvalue weighted by molar-refractivity contribution is 5.83. The number of para-hydroxylation sites is 2. The van der Waals surface area contributed by atoms with Crippen molar-refractivity contribution < 1.29 is 14.6 Å². The van der Waals surface area contributed by atoms with Crippen LogP contribution in [0.3, 0.4) is 0 Å². The minimum atomic E-state index is -0.540. The molecule has 16 heavy (non-hydrogen) atoms. The van der Waals surface area contributed by atoms with Crippen LogP contribution in [0.15, 0.2) is 24.3 Å². The van der Waals surface area contributed by atoms with Crippen LogP contribution in [0.5, 0.6) is 5.75 Å². The smallest absolute Gasteiger partial charge is 0.263 e. The highest BCUT2D eigenvalue weighted by Gasteiger charge is 2.24. The maximum Gasteiger partial charge on any atom is 0.263 e. The average Bonchev–Trinajstić information content (AvgIpc) is 2.35.